The van der Waals surface area contributed by atoms with Crippen LogP contribution in [0.3, 0.4) is 0 Å². The molecule has 0 unspecified atom stereocenters. The van der Waals surface area contributed by atoms with Gasteiger partial charge in [0, 0.05) is 35.6 Å². The molecular weight excluding hydrogens is 344 g/mol. The van der Waals surface area contributed by atoms with E-state index in [1.807, 2.05) is 29.2 Å². The maximum absolute atomic E-state index is 12.4. The van der Waals surface area contributed by atoms with Gasteiger partial charge in [0.25, 0.3) is 5.91 Å². The molecule has 1 aliphatic rings. The molecule has 1 heterocycles. The van der Waals surface area contributed by atoms with Gasteiger partial charge in [-0.15, -0.1) is 0 Å². The fraction of sp³-hybridized carbons (Fsp3) is 0.529. The van der Waals surface area contributed by atoms with E-state index in [-0.39, 0.29) is 17.7 Å². The summed E-state index contributed by atoms with van der Waals surface area (Å²) in [6.07, 6.45) is 1.48. The van der Waals surface area contributed by atoms with Crippen molar-refractivity contribution in [3.8, 4) is 0 Å². The minimum atomic E-state index is 0.0327. The van der Waals surface area contributed by atoms with Gasteiger partial charge in [-0.3, -0.25) is 9.59 Å². The third kappa shape index (κ3) is 4.57. The van der Waals surface area contributed by atoms with Crippen molar-refractivity contribution in [2.75, 3.05) is 19.6 Å². The molecule has 1 N–H and O–H groups in total. The van der Waals surface area contributed by atoms with Crippen LogP contribution in [-0.2, 0) is 4.79 Å². The summed E-state index contributed by atoms with van der Waals surface area (Å²) in [5, 5.41) is 2.99. The lowest BCUT2D eigenvalue weighted by Crippen LogP contribution is -2.43. The minimum Gasteiger partial charge on any atom is -0.356 e. The van der Waals surface area contributed by atoms with Crippen molar-refractivity contribution >= 4 is 27.7 Å². The topological polar surface area (TPSA) is 49.4 Å². The van der Waals surface area contributed by atoms with Crippen LogP contribution < -0.4 is 5.32 Å². The van der Waals surface area contributed by atoms with E-state index in [9.17, 15) is 9.59 Å². The van der Waals surface area contributed by atoms with E-state index in [2.05, 4.69) is 35.1 Å². The molecule has 0 atom stereocenters. The quantitative estimate of drug-likeness (QED) is 0.889. The SMILES string of the molecule is CC(C)CNC(=O)C1CCN(C(=O)c2cccc(Br)c2)CC1. The molecule has 5 heteroatoms. The summed E-state index contributed by atoms with van der Waals surface area (Å²) in [7, 11) is 0. The van der Waals surface area contributed by atoms with Crippen LogP contribution in [0.5, 0.6) is 0 Å². The van der Waals surface area contributed by atoms with Crippen LogP contribution >= 0.6 is 15.9 Å². The fourth-order valence-electron chi connectivity index (χ4n) is 2.60. The first kappa shape index (κ1) is 17.0. The van der Waals surface area contributed by atoms with Crippen molar-refractivity contribution in [1.29, 1.82) is 0 Å². The van der Waals surface area contributed by atoms with Crippen molar-refractivity contribution < 1.29 is 9.59 Å². The molecule has 4 nitrogen and oxygen atoms in total. The molecule has 120 valence electrons. The number of carbonyl (C=O) groups is 2. The summed E-state index contributed by atoms with van der Waals surface area (Å²) in [5.74, 6) is 0.665. The molecule has 1 aromatic rings. The lowest BCUT2D eigenvalue weighted by atomic mass is 9.95. The Labute approximate surface area is 140 Å². The highest BCUT2D eigenvalue weighted by molar-refractivity contribution is 9.10. The lowest BCUT2D eigenvalue weighted by Gasteiger charge is -2.31. The van der Waals surface area contributed by atoms with Gasteiger partial charge in [0.15, 0.2) is 0 Å². The first-order valence-corrected chi connectivity index (χ1v) is 8.59. The summed E-state index contributed by atoms with van der Waals surface area (Å²) in [5.41, 5.74) is 0.692. The number of rotatable bonds is 4. The largest absolute Gasteiger partial charge is 0.356 e. The van der Waals surface area contributed by atoms with Crippen molar-refractivity contribution in [3.05, 3.63) is 34.3 Å². The molecule has 0 aliphatic carbocycles. The van der Waals surface area contributed by atoms with E-state index in [1.165, 1.54) is 0 Å². The predicted molar refractivity (Wildman–Crippen MR) is 90.6 cm³/mol. The first-order valence-electron chi connectivity index (χ1n) is 7.80. The zero-order valence-corrected chi connectivity index (χ0v) is 14.7. The van der Waals surface area contributed by atoms with Crippen LogP contribution in [0.25, 0.3) is 0 Å². The van der Waals surface area contributed by atoms with Gasteiger partial charge < -0.3 is 10.2 Å². The molecule has 0 radical (unpaired) electrons. The molecule has 2 amide bonds. The maximum Gasteiger partial charge on any atom is 0.253 e. The average molecular weight is 367 g/mol. The standard InChI is InChI=1S/C17H23BrN2O2/c1-12(2)11-19-16(21)13-6-8-20(9-7-13)17(22)14-4-3-5-15(18)10-14/h3-5,10,12-13H,6-9,11H2,1-2H3,(H,19,21). The molecule has 22 heavy (non-hydrogen) atoms. The van der Waals surface area contributed by atoms with Crippen molar-refractivity contribution in [1.82, 2.24) is 10.2 Å². The zero-order valence-electron chi connectivity index (χ0n) is 13.1. The summed E-state index contributed by atoms with van der Waals surface area (Å²) < 4.78 is 0.904. The third-order valence-electron chi connectivity index (χ3n) is 3.91. The van der Waals surface area contributed by atoms with E-state index in [0.29, 0.717) is 24.6 Å². The van der Waals surface area contributed by atoms with Gasteiger partial charge in [-0.25, -0.2) is 0 Å². The highest BCUT2D eigenvalue weighted by Gasteiger charge is 2.27. The Bertz CT molecular complexity index is 537. The Morgan fingerprint density at radius 2 is 2.00 bits per heavy atom. The number of carbonyl (C=O) groups excluding carboxylic acids is 2. The Hall–Kier alpha value is -1.36. The molecule has 1 fully saturated rings. The highest BCUT2D eigenvalue weighted by atomic mass is 79.9. The predicted octanol–water partition coefficient (Wildman–Crippen LogP) is 3.07. The summed E-state index contributed by atoms with van der Waals surface area (Å²) in [6.45, 7) is 6.17. The second kappa shape index (κ2) is 7.77. The number of halogens is 1. The molecule has 0 saturated carbocycles. The Kier molecular flexibility index (Phi) is 6.00. The smallest absolute Gasteiger partial charge is 0.253 e. The minimum absolute atomic E-state index is 0.0327. The molecular formula is C17H23BrN2O2. The van der Waals surface area contributed by atoms with E-state index >= 15 is 0 Å². The van der Waals surface area contributed by atoms with Gasteiger partial charge in [0.2, 0.25) is 5.91 Å². The van der Waals surface area contributed by atoms with Gasteiger partial charge >= 0.3 is 0 Å². The van der Waals surface area contributed by atoms with Crippen LogP contribution in [-0.4, -0.2) is 36.3 Å². The Balaban J connectivity index is 1.86. The number of hydrogen-bond donors (Lipinski definition) is 1. The molecule has 1 aliphatic heterocycles. The number of likely N-dealkylation sites (tertiary alicyclic amines) is 1. The molecule has 0 spiro atoms. The zero-order chi connectivity index (χ0) is 16.1. The van der Waals surface area contributed by atoms with Gasteiger partial charge in [-0.05, 0) is 37.0 Å². The first-order chi connectivity index (χ1) is 10.5. The van der Waals surface area contributed by atoms with E-state index < -0.39 is 0 Å². The number of nitrogens with one attached hydrogen (secondary N) is 1. The van der Waals surface area contributed by atoms with Crippen LogP contribution in [0.2, 0.25) is 0 Å². The number of benzene rings is 1. The number of piperidine rings is 1. The monoisotopic (exact) mass is 366 g/mol. The second-order valence-electron chi connectivity index (χ2n) is 6.22. The van der Waals surface area contributed by atoms with Crippen LogP contribution in [0.4, 0.5) is 0 Å². The van der Waals surface area contributed by atoms with Gasteiger partial charge in [0.1, 0.15) is 0 Å². The van der Waals surface area contributed by atoms with E-state index in [1.54, 1.807) is 0 Å². The van der Waals surface area contributed by atoms with Crippen molar-refractivity contribution in [2.24, 2.45) is 11.8 Å². The molecule has 1 aromatic carbocycles. The second-order valence-corrected chi connectivity index (χ2v) is 7.13. The lowest BCUT2D eigenvalue weighted by molar-refractivity contribution is -0.126. The molecule has 0 bridgehead atoms. The maximum atomic E-state index is 12.4. The molecule has 1 saturated heterocycles. The summed E-state index contributed by atoms with van der Waals surface area (Å²) in [4.78, 5) is 26.4. The highest BCUT2D eigenvalue weighted by Crippen LogP contribution is 2.20. The van der Waals surface area contributed by atoms with Crippen LogP contribution in [0.1, 0.15) is 37.0 Å². The van der Waals surface area contributed by atoms with Crippen molar-refractivity contribution in [2.45, 2.75) is 26.7 Å². The van der Waals surface area contributed by atoms with Gasteiger partial charge in [0.05, 0.1) is 0 Å². The number of hydrogen-bond acceptors (Lipinski definition) is 2. The van der Waals surface area contributed by atoms with Gasteiger partial charge in [-0.2, -0.15) is 0 Å². The van der Waals surface area contributed by atoms with Crippen LogP contribution in [0, 0.1) is 11.8 Å². The number of amides is 2. The number of nitrogens with zero attached hydrogens (tertiary/aromatic N) is 1. The normalized spacial score (nSPS) is 15.9. The van der Waals surface area contributed by atoms with Crippen LogP contribution in [0.15, 0.2) is 28.7 Å². The molecule has 2 rings (SSSR count). The third-order valence-corrected chi connectivity index (χ3v) is 4.40. The summed E-state index contributed by atoms with van der Waals surface area (Å²) in [6, 6.07) is 7.43. The fourth-order valence-corrected chi connectivity index (χ4v) is 3.00. The molecule has 0 aromatic heterocycles. The Morgan fingerprint density at radius 1 is 1.32 bits per heavy atom. The average Bonchev–Trinajstić information content (AvgIpc) is 2.52. The van der Waals surface area contributed by atoms with E-state index in [0.717, 1.165) is 23.9 Å². The van der Waals surface area contributed by atoms with Crippen molar-refractivity contribution in [3.63, 3.8) is 0 Å². The Morgan fingerprint density at radius 3 is 2.59 bits per heavy atom. The summed E-state index contributed by atoms with van der Waals surface area (Å²) >= 11 is 3.39. The van der Waals surface area contributed by atoms with E-state index in [4.69, 9.17) is 0 Å². The van der Waals surface area contributed by atoms with Gasteiger partial charge in [-0.1, -0.05) is 35.8 Å².